The fraction of sp³-hybridized carbons (Fsp3) is 0.500. The van der Waals surface area contributed by atoms with Gasteiger partial charge in [0.05, 0.1) is 0 Å². The van der Waals surface area contributed by atoms with Gasteiger partial charge in [0.2, 0.25) is 0 Å². The summed E-state index contributed by atoms with van der Waals surface area (Å²) in [6.07, 6.45) is 6.55. The maximum Gasteiger partial charge on any atom is 0.0302 e. The second kappa shape index (κ2) is 5.47. The van der Waals surface area contributed by atoms with Crippen LogP contribution in [0.3, 0.4) is 0 Å². The van der Waals surface area contributed by atoms with E-state index in [1.807, 2.05) is 6.20 Å². The molecule has 0 radical (unpaired) electrons. The van der Waals surface area contributed by atoms with Gasteiger partial charge in [-0.2, -0.15) is 0 Å². The number of hydrogen-bond donors (Lipinski definition) is 0. The molecule has 0 N–H and O–H groups in total. The molecule has 82 valence electrons. The summed E-state index contributed by atoms with van der Waals surface area (Å²) in [5.41, 5.74) is 3.83. The Balaban J connectivity index is 2.37. The number of aromatic nitrogens is 1. The molecule has 0 amide bonds. The molecule has 1 aromatic heterocycles. The third-order valence-electron chi connectivity index (χ3n) is 3.12. The van der Waals surface area contributed by atoms with Gasteiger partial charge in [-0.1, -0.05) is 22.2 Å². The molecule has 1 aliphatic carbocycles. The molecule has 0 fully saturated rings. The minimum Gasteiger partial charge on any atom is -0.264 e. The second-order valence-corrected chi connectivity index (χ2v) is 13.6. The Hall–Kier alpha value is 0.870. The quantitative estimate of drug-likeness (QED) is 0.731. The first-order valence-electron chi connectivity index (χ1n) is 5.17. The highest BCUT2D eigenvalue weighted by atomic mass is 32.6. The smallest absolute Gasteiger partial charge is 0.0302 e. The maximum absolute atomic E-state index is 4.24. The molecule has 2 rings (SSSR count). The van der Waals surface area contributed by atoms with E-state index in [2.05, 4.69) is 42.0 Å². The van der Waals surface area contributed by atoms with Crippen molar-refractivity contribution in [3.05, 3.63) is 29.6 Å². The van der Waals surface area contributed by atoms with Gasteiger partial charge in [0.1, 0.15) is 0 Å². The normalized spacial score (nSPS) is 27.9. The predicted molar refractivity (Wildman–Crippen MR) is 79.1 cm³/mol. The monoisotopic (exact) mass is 275 g/mol. The van der Waals surface area contributed by atoms with Crippen molar-refractivity contribution in [2.24, 2.45) is 5.92 Å². The molecule has 5 heteroatoms. The van der Waals surface area contributed by atoms with E-state index in [-0.39, 0.29) is 7.30 Å². The van der Waals surface area contributed by atoms with Crippen LogP contribution in [0.4, 0.5) is 0 Å². The summed E-state index contributed by atoms with van der Waals surface area (Å²) in [5.74, 6) is 0.830. The van der Waals surface area contributed by atoms with E-state index in [9.17, 15) is 0 Å². The number of rotatable bonds is 2. The summed E-state index contributed by atoms with van der Waals surface area (Å²) >= 11 is 0. The molecule has 15 heavy (non-hydrogen) atoms. The minimum atomic E-state index is 0.0572. The Bertz CT molecular complexity index is 344. The lowest BCUT2D eigenvalue weighted by Gasteiger charge is -2.34. The third kappa shape index (κ3) is 2.58. The van der Waals surface area contributed by atoms with E-state index in [1.54, 1.807) is 5.56 Å². The van der Waals surface area contributed by atoms with Gasteiger partial charge in [0.15, 0.2) is 0 Å². The summed E-state index contributed by atoms with van der Waals surface area (Å²) in [6.45, 7) is 2.40. The van der Waals surface area contributed by atoms with E-state index < -0.39 is 0 Å². The molecular weight excluding hydrogens is 258 g/mol. The van der Waals surface area contributed by atoms with Gasteiger partial charge in [-0.3, -0.25) is 4.98 Å². The lowest BCUT2D eigenvalue weighted by atomic mass is 9.85. The van der Waals surface area contributed by atoms with E-state index in [4.69, 9.17) is 0 Å². The lowest BCUT2D eigenvalue weighted by molar-refractivity contribution is 0.488. The van der Waals surface area contributed by atoms with Crippen molar-refractivity contribution < 1.29 is 0 Å². The molecule has 0 aliphatic heterocycles. The Morgan fingerprint density at radius 1 is 1.60 bits per heavy atom. The van der Waals surface area contributed by atoms with Crippen molar-refractivity contribution in [3.63, 3.8) is 0 Å². The number of fused-ring (bicyclic) bond motifs is 1. The van der Waals surface area contributed by atoms with Crippen LogP contribution >= 0.6 is 33.1 Å². The van der Waals surface area contributed by atoms with Crippen molar-refractivity contribution in [2.75, 3.05) is 0 Å². The van der Waals surface area contributed by atoms with Crippen LogP contribution < -0.4 is 0 Å². The molecule has 1 aromatic rings. The van der Waals surface area contributed by atoms with Gasteiger partial charge in [-0.25, -0.2) is 0 Å². The van der Waals surface area contributed by atoms with E-state index in [1.165, 1.54) is 18.4 Å². The third-order valence-corrected chi connectivity index (χ3v) is 14.2. The van der Waals surface area contributed by atoms with Crippen LogP contribution in [0, 0.1) is 5.92 Å². The molecule has 6 unspecified atom stereocenters. The first-order valence-corrected chi connectivity index (χ1v) is 11.8. The Labute approximate surface area is 99.2 Å². The maximum atomic E-state index is 4.24. The first-order chi connectivity index (χ1) is 7.24. The standard InChI is InChI=1S/C10H17NP4/c1-7-2-3-8-6-11-5-4-9(8)10(7)15(13)14-12/h4-7,10,14H,2-3,12-13H2,1H3. The number of pyridine rings is 1. The summed E-state index contributed by atoms with van der Waals surface area (Å²) in [5, 5.41) is 0. The molecule has 0 spiro atoms. The molecule has 1 nitrogen and oxygen atoms in total. The second-order valence-electron chi connectivity index (χ2n) is 4.07. The van der Waals surface area contributed by atoms with Crippen LogP contribution in [0.1, 0.15) is 30.1 Å². The summed E-state index contributed by atoms with van der Waals surface area (Å²) in [4.78, 5) is 4.24. The van der Waals surface area contributed by atoms with Gasteiger partial charge in [0, 0.05) is 18.1 Å². The molecule has 0 bridgehead atoms. The molecule has 0 saturated heterocycles. The first kappa shape index (κ1) is 12.3. The van der Waals surface area contributed by atoms with Gasteiger partial charge in [0.25, 0.3) is 0 Å². The molecule has 0 saturated carbocycles. The highest BCUT2D eigenvalue weighted by Gasteiger charge is 2.30. The van der Waals surface area contributed by atoms with Crippen LogP contribution in [0.5, 0.6) is 0 Å². The fourth-order valence-corrected chi connectivity index (χ4v) is 8.17. The topological polar surface area (TPSA) is 12.9 Å². The summed E-state index contributed by atoms with van der Waals surface area (Å²) < 4.78 is 0. The zero-order valence-electron chi connectivity index (χ0n) is 8.85. The van der Waals surface area contributed by atoms with Gasteiger partial charge >= 0.3 is 0 Å². The van der Waals surface area contributed by atoms with Gasteiger partial charge < -0.3 is 0 Å². The fourth-order valence-electron chi connectivity index (χ4n) is 2.29. The number of aryl methyl sites for hydroxylation is 1. The van der Waals surface area contributed by atoms with Crippen LogP contribution in [0.2, 0.25) is 0 Å². The average molecular weight is 275 g/mol. The zero-order chi connectivity index (χ0) is 10.8. The number of hydrogen-bond acceptors (Lipinski definition) is 1. The van der Waals surface area contributed by atoms with Crippen LogP contribution in [0.25, 0.3) is 0 Å². The number of nitrogens with zero attached hydrogens (tertiary/aromatic N) is 1. The van der Waals surface area contributed by atoms with E-state index >= 15 is 0 Å². The highest BCUT2D eigenvalue weighted by molar-refractivity contribution is 8.61. The van der Waals surface area contributed by atoms with Crippen molar-refractivity contribution in [1.82, 2.24) is 4.98 Å². The average Bonchev–Trinajstić information content (AvgIpc) is 2.28. The van der Waals surface area contributed by atoms with Gasteiger partial charge in [-0.15, -0.1) is 17.9 Å². The van der Waals surface area contributed by atoms with Crippen molar-refractivity contribution in [3.8, 4) is 0 Å². The van der Waals surface area contributed by atoms with Crippen LogP contribution in [-0.4, -0.2) is 4.98 Å². The largest absolute Gasteiger partial charge is 0.264 e. The van der Waals surface area contributed by atoms with Crippen molar-refractivity contribution in [2.45, 2.75) is 25.4 Å². The SMILES string of the molecule is CC1CCc2cnccc2C1P(P)PP. The van der Waals surface area contributed by atoms with E-state index in [0.29, 0.717) is 0 Å². The Morgan fingerprint density at radius 3 is 3.13 bits per heavy atom. The zero-order valence-corrected chi connectivity index (χ0v) is 13.1. The predicted octanol–water partition coefficient (Wildman–Crippen LogP) is 4.36. The summed E-state index contributed by atoms with van der Waals surface area (Å²) in [7, 11) is 7.04. The van der Waals surface area contributed by atoms with Crippen molar-refractivity contribution >= 4 is 33.1 Å². The Morgan fingerprint density at radius 2 is 2.40 bits per heavy atom. The molecular formula is C10H17NP4. The van der Waals surface area contributed by atoms with Crippen LogP contribution in [-0.2, 0) is 6.42 Å². The summed E-state index contributed by atoms with van der Waals surface area (Å²) in [6, 6.07) is 2.24. The lowest BCUT2D eigenvalue weighted by Crippen LogP contribution is -2.15. The van der Waals surface area contributed by atoms with Crippen LogP contribution in [0.15, 0.2) is 18.5 Å². The van der Waals surface area contributed by atoms with Gasteiger partial charge in [-0.05, 0) is 36.0 Å². The molecule has 0 aromatic carbocycles. The van der Waals surface area contributed by atoms with Crippen molar-refractivity contribution in [1.29, 1.82) is 0 Å². The molecule has 1 heterocycles. The Kier molecular flexibility index (Phi) is 4.50. The minimum absolute atomic E-state index is 0.0572. The molecule has 1 aliphatic rings. The van der Waals surface area contributed by atoms with E-state index in [0.717, 1.165) is 19.5 Å². The molecule has 6 atom stereocenters. The highest BCUT2D eigenvalue weighted by Crippen LogP contribution is 2.76.